The number of carbonyl (C=O) groups is 5. The molecule has 5 rings (SSSR count). The van der Waals surface area contributed by atoms with Crippen molar-refractivity contribution in [2.75, 3.05) is 16.8 Å². The standard InChI is InChI=1S/C23H22N10O9S3/c34-9-24-22-25-13(8-44-22)14(29-42-11-3-1-2-4-11)17(35)26-15-18(36)33-16(21(39)40)10(6-43-19(15)33)7-45-23-27-30-31-32(23)5-12(28-41)20(37)38/h1,3,8-9,11,15,19,41H,2,4-7H2,(H,26,35)(H,37,38)(H,39,40)(H,24,25,34)/t11?,15?,19-/m1/s1. The minimum atomic E-state index is -1.48. The number of thioether (sulfide) groups is 2. The molecule has 3 amide bonds. The Balaban J connectivity index is 1.29. The Hall–Kier alpha value is -4.83. The van der Waals surface area contributed by atoms with Gasteiger partial charge in [-0.3, -0.25) is 19.3 Å². The van der Waals surface area contributed by atoms with Crippen molar-refractivity contribution in [3.8, 4) is 0 Å². The van der Waals surface area contributed by atoms with E-state index in [9.17, 15) is 29.1 Å². The van der Waals surface area contributed by atoms with E-state index in [0.717, 1.165) is 39.1 Å². The number of amides is 3. The number of thiazole rings is 1. The first-order valence-corrected chi connectivity index (χ1v) is 15.7. The largest absolute Gasteiger partial charge is 0.477 e. The molecule has 3 aliphatic rings. The summed E-state index contributed by atoms with van der Waals surface area (Å²) in [6.45, 7) is -0.446. The number of nitrogens with zero attached hydrogens (tertiary/aromatic N) is 8. The molecule has 0 saturated carbocycles. The van der Waals surface area contributed by atoms with Crippen LogP contribution in [-0.2, 0) is 35.4 Å². The molecular weight excluding hydrogens is 657 g/mol. The Labute approximate surface area is 264 Å². The molecule has 0 bridgehead atoms. The molecule has 22 heteroatoms. The predicted molar refractivity (Wildman–Crippen MR) is 157 cm³/mol. The fourth-order valence-electron chi connectivity index (χ4n) is 4.36. The van der Waals surface area contributed by atoms with E-state index in [1.165, 1.54) is 17.1 Å². The van der Waals surface area contributed by atoms with Gasteiger partial charge in [-0.05, 0) is 34.9 Å². The zero-order valence-corrected chi connectivity index (χ0v) is 25.1. The number of carboxylic acid groups (broad SMARTS) is 2. The summed E-state index contributed by atoms with van der Waals surface area (Å²) >= 11 is 3.28. The summed E-state index contributed by atoms with van der Waals surface area (Å²) in [5.74, 6) is -4.05. The first-order valence-electron chi connectivity index (χ1n) is 12.8. The highest BCUT2D eigenvalue weighted by Crippen LogP contribution is 2.41. The quantitative estimate of drug-likeness (QED) is 0.0323. The van der Waals surface area contributed by atoms with E-state index >= 15 is 0 Å². The number of oxime groups is 2. The molecule has 1 saturated heterocycles. The molecule has 2 aromatic heterocycles. The number of rotatable bonds is 14. The monoisotopic (exact) mass is 678 g/mol. The second kappa shape index (κ2) is 13.9. The fourth-order valence-corrected chi connectivity index (χ4v) is 7.37. The number of nitrogens with one attached hydrogen (secondary N) is 2. The zero-order chi connectivity index (χ0) is 32.1. The molecule has 3 atom stereocenters. The number of β-lactam (4-membered cyclic amide) rings is 1. The van der Waals surface area contributed by atoms with E-state index in [-0.39, 0.29) is 45.0 Å². The highest BCUT2D eigenvalue weighted by molar-refractivity contribution is 8.01. The number of hydrogen-bond donors (Lipinski definition) is 5. The third-order valence-electron chi connectivity index (χ3n) is 6.47. The van der Waals surface area contributed by atoms with Crippen LogP contribution in [0, 0.1) is 0 Å². The van der Waals surface area contributed by atoms with E-state index in [1.54, 1.807) is 6.08 Å². The predicted octanol–water partition coefficient (Wildman–Crippen LogP) is -0.417. The van der Waals surface area contributed by atoms with Gasteiger partial charge in [-0.1, -0.05) is 28.1 Å². The molecule has 236 valence electrons. The number of anilines is 1. The summed E-state index contributed by atoms with van der Waals surface area (Å²) in [6.07, 6.45) is 5.27. The van der Waals surface area contributed by atoms with Gasteiger partial charge in [0.25, 0.3) is 11.8 Å². The highest BCUT2D eigenvalue weighted by Gasteiger charge is 2.54. The second-order valence-electron chi connectivity index (χ2n) is 9.27. The van der Waals surface area contributed by atoms with Crippen molar-refractivity contribution < 1.29 is 44.2 Å². The first kappa shape index (κ1) is 31.6. The van der Waals surface area contributed by atoms with Gasteiger partial charge in [-0.2, -0.15) is 0 Å². The number of tetrazole rings is 1. The molecule has 1 fully saturated rings. The number of fused-ring (bicyclic) bond motifs is 1. The summed E-state index contributed by atoms with van der Waals surface area (Å²) in [6, 6.07) is -1.08. The van der Waals surface area contributed by atoms with E-state index in [2.05, 4.69) is 41.5 Å². The van der Waals surface area contributed by atoms with E-state index < -0.39 is 47.4 Å². The van der Waals surface area contributed by atoms with Gasteiger partial charge in [-0.25, -0.2) is 19.3 Å². The zero-order valence-electron chi connectivity index (χ0n) is 22.7. The van der Waals surface area contributed by atoms with Gasteiger partial charge in [0, 0.05) is 16.9 Å². The SMILES string of the molecule is O=CNc1nc(C(=NOC2C=CCC2)C(=O)NC2C(=O)N3C(C(=O)O)=C(CSc4nnnn4CC(=NO)C(=O)O)CS[C@H]23)cs1. The van der Waals surface area contributed by atoms with Crippen LogP contribution in [0.3, 0.4) is 0 Å². The first-order chi connectivity index (χ1) is 21.7. The van der Waals surface area contributed by atoms with Crippen LogP contribution in [0.5, 0.6) is 0 Å². The molecule has 1 aliphatic carbocycles. The van der Waals surface area contributed by atoms with Crippen LogP contribution in [0.4, 0.5) is 5.13 Å². The highest BCUT2D eigenvalue weighted by atomic mass is 32.2. The number of hydrogen-bond acceptors (Lipinski definition) is 16. The average molecular weight is 679 g/mol. The summed E-state index contributed by atoms with van der Waals surface area (Å²) in [4.78, 5) is 71.6. The van der Waals surface area contributed by atoms with Crippen molar-refractivity contribution >= 4 is 81.6 Å². The van der Waals surface area contributed by atoms with Crippen molar-refractivity contribution in [1.82, 2.24) is 35.4 Å². The van der Waals surface area contributed by atoms with Gasteiger partial charge >= 0.3 is 11.9 Å². The molecule has 0 aromatic carbocycles. The van der Waals surface area contributed by atoms with Crippen LogP contribution in [0.1, 0.15) is 18.5 Å². The molecule has 0 spiro atoms. The maximum absolute atomic E-state index is 13.4. The minimum Gasteiger partial charge on any atom is -0.477 e. The van der Waals surface area contributed by atoms with Crippen LogP contribution < -0.4 is 10.6 Å². The summed E-state index contributed by atoms with van der Waals surface area (Å²) < 4.78 is 1.07. The van der Waals surface area contributed by atoms with Gasteiger partial charge in [0.15, 0.2) is 16.6 Å². The Bertz CT molecular complexity index is 1650. The number of allylic oxidation sites excluding steroid dienone is 1. The average Bonchev–Trinajstić information content (AvgIpc) is 3.80. The van der Waals surface area contributed by atoms with Crippen molar-refractivity contribution in [1.29, 1.82) is 0 Å². The Morgan fingerprint density at radius 2 is 2.11 bits per heavy atom. The lowest BCUT2D eigenvalue weighted by molar-refractivity contribution is -0.150. The number of aliphatic carboxylic acids is 2. The van der Waals surface area contributed by atoms with Crippen LogP contribution in [0.25, 0.3) is 0 Å². The van der Waals surface area contributed by atoms with E-state index in [0.29, 0.717) is 18.4 Å². The number of carbonyl (C=O) groups excluding carboxylic acids is 3. The molecule has 19 nitrogen and oxygen atoms in total. The van der Waals surface area contributed by atoms with Gasteiger partial charge in [0.05, 0.1) is 6.54 Å². The fraction of sp³-hybridized carbons (Fsp3) is 0.348. The number of carboxylic acids is 2. The molecule has 2 aromatic rings. The lowest BCUT2D eigenvalue weighted by atomic mass is 10.0. The van der Waals surface area contributed by atoms with Crippen molar-refractivity contribution in [2.24, 2.45) is 10.3 Å². The van der Waals surface area contributed by atoms with Crippen LogP contribution >= 0.6 is 34.9 Å². The maximum Gasteiger partial charge on any atom is 0.355 e. The minimum absolute atomic E-state index is 0.0337. The molecule has 45 heavy (non-hydrogen) atoms. The summed E-state index contributed by atoms with van der Waals surface area (Å²) in [5, 5.41) is 51.8. The third kappa shape index (κ3) is 6.81. The third-order valence-corrected chi connectivity index (χ3v) is 9.63. The molecule has 2 aliphatic heterocycles. The number of aromatic nitrogens is 5. The smallest absolute Gasteiger partial charge is 0.355 e. The van der Waals surface area contributed by atoms with Crippen molar-refractivity contribution in [3.63, 3.8) is 0 Å². The lowest BCUT2D eigenvalue weighted by Crippen LogP contribution is -2.71. The normalized spacial score (nSPS) is 21.3. The van der Waals surface area contributed by atoms with Crippen LogP contribution in [0.2, 0.25) is 0 Å². The Morgan fingerprint density at radius 1 is 1.29 bits per heavy atom. The molecular formula is C23H22N10O9S3. The maximum atomic E-state index is 13.4. The Morgan fingerprint density at radius 3 is 2.80 bits per heavy atom. The van der Waals surface area contributed by atoms with Crippen molar-refractivity contribution in [3.05, 3.63) is 34.5 Å². The van der Waals surface area contributed by atoms with Crippen LogP contribution in [0.15, 0.2) is 44.3 Å². The molecule has 4 heterocycles. The van der Waals surface area contributed by atoms with Crippen LogP contribution in [-0.4, -0.2) is 116 Å². The van der Waals surface area contributed by atoms with E-state index in [1.807, 2.05) is 6.08 Å². The van der Waals surface area contributed by atoms with Gasteiger partial charge in [-0.15, -0.1) is 28.2 Å². The Kier molecular flexibility index (Phi) is 9.73. The molecule has 2 unspecified atom stereocenters. The van der Waals surface area contributed by atoms with Gasteiger partial charge in [0.1, 0.15) is 28.9 Å². The topological polar surface area (TPSA) is 264 Å². The second-order valence-corrected chi connectivity index (χ2v) is 12.2. The van der Waals surface area contributed by atoms with Gasteiger partial charge in [0.2, 0.25) is 11.6 Å². The van der Waals surface area contributed by atoms with E-state index in [4.69, 9.17) is 15.2 Å². The lowest BCUT2D eigenvalue weighted by Gasteiger charge is -2.49. The van der Waals surface area contributed by atoms with Gasteiger partial charge < -0.3 is 30.9 Å². The summed E-state index contributed by atoms with van der Waals surface area (Å²) in [5.41, 5.74) is -0.615. The molecule has 0 radical (unpaired) electrons. The molecule has 5 N–H and O–H groups in total. The summed E-state index contributed by atoms with van der Waals surface area (Å²) in [7, 11) is 0. The van der Waals surface area contributed by atoms with Crippen molar-refractivity contribution in [2.45, 2.75) is 42.1 Å².